The second-order valence-corrected chi connectivity index (χ2v) is 2.99. The van der Waals surface area contributed by atoms with E-state index in [4.69, 9.17) is 23.2 Å². The van der Waals surface area contributed by atoms with Crippen molar-refractivity contribution in [3.8, 4) is 0 Å². The van der Waals surface area contributed by atoms with Gasteiger partial charge in [-0.15, -0.1) is 10.2 Å². The Morgan fingerprint density at radius 3 is 2.73 bits per heavy atom. The molecule has 0 saturated heterocycles. The van der Waals surface area contributed by atoms with Crippen molar-refractivity contribution in [2.75, 3.05) is 0 Å². The van der Waals surface area contributed by atoms with E-state index in [9.17, 15) is 0 Å². The topological polar surface area (TPSA) is 49.1 Å². The summed E-state index contributed by atoms with van der Waals surface area (Å²) in [5, 5.41) is 11.0. The fourth-order valence-electron chi connectivity index (χ4n) is 0.996. The van der Waals surface area contributed by atoms with Crippen molar-refractivity contribution in [1.29, 1.82) is 0 Å². The zero-order chi connectivity index (χ0) is 7.84. The number of rotatable bonds is 0. The van der Waals surface area contributed by atoms with E-state index in [1.54, 1.807) is 6.34 Å². The van der Waals surface area contributed by atoms with Gasteiger partial charge in [-0.3, -0.25) is 4.99 Å². The van der Waals surface area contributed by atoms with Gasteiger partial charge in [0, 0.05) is 0 Å². The molecule has 0 amide bonds. The van der Waals surface area contributed by atoms with Crippen molar-refractivity contribution in [1.82, 2.24) is 5.32 Å². The summed E-state index contributed by atoms with van der Waals surface area (Å²) in [5.41, 5.74) is 0. The van der Waals surface area contributed by atoms with E-state index in [0.29, 0.717) is 10.3 Å². The normalized spacial score (nSPS) is 34.0. The second kappa shape index (κ2) is 2.46. The van der Waals surface area contributed by atoms with Gasteiger partial charge in [0.05, 0.1) is 6.34 Å². The molecule has 1 N–H and O–H groups in total. The zero-order valence-electron chi connectivity index (χ0n) is 5.33. The molecular weight excluding hydrogens is 187 g/mol. The molecule has 0 aromatic carbocycles. The summed E-state index contributed by atoms with van der Waals surface area (Å²) >= 11 is 11.4. The summed E-state index contributed by atoms with van der Waals surface area (Å²) in [5.74, 6) is 0. The summed E-state index contributed by atoms with van der Waals surface area (Å²) in [6.07, 6.45) is 1.57. The minimum absolute atomic E-state index is 0.110. The number of aliphatic imine (C=N–C) groups is 1. The molecule has 0 aliphatic carbocycles. The van der Waals surface area contributed by atoms with E-state index in [1.807, 2.05) is 0 Å². The third-order valence-corrected chi connectivity index (χ3v) is 2.16. The van der Waals surface area contributed by atoms with Crippen LogP contribution in [0.2, 0.25) is 0 Å². The lowest BCUT2D eigenvalue weighted by Gasteiger charge is -2.17. The Balaban J connectivity index is 2.35. The maximum Gasteiger partial charge on any atom is 0.155 e. The first kappa shape index (κ1) is 7.06. The van der Waals surface area contributed by atoms with Crippen LogP contribution in [-0.4, -0.2) is 28.8 Å². The standard InChI is InChI=1S/C5H4Cl2N4/c6-4-2-3(9-1-8-2)5(7)11-10-4/h1-3H,(H,8,9)/t2-,3-/m1/s1. The Morgan fingerprint density at radius 1 is 1.27 bits per heavy atom. The summed E-state index contributed by atoms with van der Waals surface area (Å²) in [4.78, 5) is 4.03. The summed E-state index contributed by atoms with van der Waals surface area (Å²) in [6.45, 7) is 0. The molecule has 2 rings (SSSR count). The molecule has 0 aromatic rings. The molecule has 4 nitrogen and oxygen atoms in total. The van der Waals surface area contributed by atoms with E-state index in [2.05, 4.69) is 20.5 Å². The van der Waals surface area contributed by atoms with Crippen LogP contribution in [0.5, 0.6) is 0 Å². The predicted molar refractivity (Wildman–Crippen MR) is 45.8 cm³/mol. The van der Waals surface area contributed by atoms with Gasteiger partial charge in [0.15, 0.2) is 10.3 Å². The number of fused-ring (bicyclic) bond motifs is 1. The summed E-state index contributed by atoms with van der Waals surface area (Å²) in [6, 6.07) is -0.289. The molecule has 2 atom stereocenters. The van der Waals surface area contributed by atoms with Gasteiger partial charge >= 0.3 is 0 Å². The average molecular weight is 191 g/mol. The average Bonchev–Trinajstić information content (AvgIpc) is 2.45. The SMILES string of the molecule is ClC1=NN=C(Cl)[C@@H]2NC=N[C@@H]12. The van der Waals surface area contributed by atoms with E-state index < -0.39 is 0 Å². The highest BCUT2D eigenvalue weighted by Crippen LogP contribution is 2.17. The van der Waals surface area contributed by atoms with E-state index in [0.717, 1.165) is 0 Å². The molecule has 0 fully saturated rings. The van der Waals surface area contributed by atoms with Crippen molar-refractivity contribution in [3.05, 3.63) is 0 Å². The first-order valence-corrected chi connectivity index (χ1v) is 3.79. The third-order valence-electron chi connectivity index (χ3n) is 1.55. The Kier molecular flexibility index (Phi) is 1.58. The Labute approximate surface area is 73.0 Å². The highest BCUT2D eigenvalue weighted by Gasteiger charge is 2.34. The lowest BCUT2D eigenvalue weighted by Crippen LogP contribution is -2.41. The van der Waals surface area contributed by atoms with Crippen molar-refractivity contribution >= 4 is 39.9 Å². The van der Waals surface area contributed by atoms with Gasteiger partial charge in [0.1, 0.15) is 12.1 Å². The largest absolute Gasteiger partial charge is 0.365 e. The fraction of sp³-hybridized carbons (Fsp3) is 0.400. The van der Waals surface area contributed by atoms with Crippen LogP contribution in [0.25, 0.3) is 0 Å². The van der Waals surface area contributed by atoms with Gasteiger partial charge < -0.3 is 5.32 Å². The van der Waals surface area contributed by atoms with Crippen LogP contribution >= 0.6 is 23.2 Å². The maximum absolute atomic E-state index is 5.72. The molecule has 0 spiro atoms. The van der Waals surface area contributed by atoms with E-state index >= 15 is 0 Å². The number of halogens is 2. The molecule has 0 unspecified atom stereocenters. The predicted octanol–water partition coefficient (Wildman–Crippen LogP) is 0.558. The summed E-state index contributed by atoms with van der Waals surface area (Å²) < 4.78 is 0. The quantitative estimate of drug-likeness (QED) is 0.597. The van der Waals surface area contributed by atoms with Crippen molar-refractivity contribution < 1.29 is 0 Å². The maximum atomic E-state index is 5.72. The number of nitrogens with one attached hydrogen (secondary N) is 1. The van der Waals surface area contributed by atoms with Crippen LogP contribution < -0.4 is 5.32 Å². The Morgan fingerprint density at radius 2 is 2.00 bits per heavy atom. The van der Waals surface area contributed by atoms with Crippen LogP contribution in [0, 0.1) is 0 Å². The zero-order valence-corrected chi connectivity index (χ0v) is 6.84. The molecule has 0 bridgehead atoms. The lowest BCUT2D eigenvalue weighted by atomic mass is 10.1. The lowest BCUT2D eigenvalue weighted by molar-refractivity contribution is 0.759. The molecule has 6 heteroatoms. The second-order valence-electron chi connectivity index (χ2n) is 2.21. The van der Waals surface area contributed by atoms with E-state index in [1.165, 1.54) is 0 Å². The highest BCUT2D eigenvalue weighted by molar-refractivity contribution is 6.71. The van der Waals surface area contributed by atoms with Crippen LogP contribution in [0.1, 0.15) is 0 Å². The van der Waals surface area contributed by atoms with Gasteiger partial charge in [0.25, 0.3) is 0 Å². The number of nitrogens with zero attached hydrogens (tertiary/aromatic N) is 3. The first-order valence-electron chi connectivity index (χ1n) is 3.03. The molecule has 2 aliphatic rings. The summed E-state index contributed by atoms with van der Waals surface area (Å²) in [7, 11) is 0. The Bertz CT molecular complexity index is 270. The molecule has 0 radical (unpaired) electrons. The number of hydrogen-bond acceptors (Lipinski definition) is 4. The van der Waals surface area contributed by atoms with Gasteiger partial charge in [-0.25, -0.2) is 0 Å². The van der Waals surface area contributed by atoms with Crippen LogP contribution in [-0.2, 0) is 0 Å². The van der Waals surface area contributed by atoms with Gasteiger partial charge in [-0.05, 0) is 0 Å². The molecule has 0 aromatic heterocycles. The monoisotopic (exact) mass is 190 g/mol. The minimum atomic E-state index is -0.179. The molecule has 11 heavy (non-hydrogen) atoms. The van der Waals surface area contributed by atoms with Gasteiger partial charge in [0.2, 0.25) is 0 Å². The minimum Gasteiger partial charge on any atom is -0.365 e. The van der Waals surface area contributed by atoms with Crippen molar-refractivity contribution in [2.45, 2.75) is 12.1 Å². The van der Waals surface area contributed by atoms with Crippen LogP contribution in [0.15, 0.2) is 15.2 Å². The molecular formula is C5H4Cl2N4. The molecule has 2 aliphatic heterocycles. The molecule has 2 heterocycles. The molecule has 58 valence electrons. The van der Waals surface area contributed by atoms with Gasteiger partial charge in [-0.2, -0.15) is 0 Å². The fourth-order valence-corrected chi connectivity index (χ4v) is 1.44. The van der Waals surface area contributed by atoms with Crippen molar-refractivity contribution in [3.63, 3.8) is 0 Å². The first-order chi connectivity index (χ1) is 5.29. The van der Waals surface area contributed by atoms with Crippen LogP contribution in [0.3, 0.4) is 0 Å². The highest BCUT2D eigenvalue weighted by atomic mass is 35.5. The van der Waals surface area contributed by atoms with Gasteiger partial charge in [-0.1, -0.05) is 23.2 Å². The van der Waals surface area contributed by atoms with E-state index in [-0.39, 0.29) is 12.1 Å². The third kappa shape index (κ3) is 1.02. The van der Waals surface area contributed by atoms with Crippen LogP contribution in [0.4, 0.5) is 0 Å². The number of hydrogen-bond donors (Lipinski definition) is 1. The van der Waals surface area contributed by atoms with Crippen molar-refractivity contribution in [2.24, 2.45) is 15.2 Å². The molecule has 0 saturated carbocycles. The Hall–Kier alpha value is -0.610. The smallest absolute Gasteiger partial charge is 0.155 e.